The van der Waals surface area contributed by atoms with E-state index in [0.717, 1.165) is 28.2 Å². The van der Waals surface area contributed by atoms with Gasteiger partial charge in [0.2, 0.25) is 5.75 Å². The van der Waals surface area contributed by atoms with E-state index in [1.807, 2.05) is 6.07 Å². The molecule has 0 atom stereocenters. The Hall–Kier alpha value is -3.53. The number of hydrogen-bond acceptors (Lipinski definition) is 6. The third kappa shape index (κ3) is 3.87. The summed E-state index contributed by atoms with van der Waals surface area (Å²) in [6.07, 6.45) is 1.12. The molecule has 0 radical (unpaired) electrons. The Morgan fingerprint density at radius 2 is 1.72 bits per heavy atom. The standard InChI is InChI=1S/C19H14BrN3O6/c1-9-3-10(2)5-12(4-9)22-18(26)13(17(25)21-19(22)27)6-11-7-14(20)16(24)15(8-11)23(28)29/h3-8,24H,1-2H3,(H,21,25,27)/b13-6+. The van der Waals surface area contributed by atoms with E-state index in [1.54, 1.807) is 26.0 Å². The number of carbonyl (C=O) groups excluding carboxylic acids is 3. The van der Waals surface area contributed by atoms with E-state index in [-0.39, 0.29) is 15.6 Å². The smallest absolute Gasteiger partial charge is 0.335 e. The van der Waals surface area contributed by atoms with Gasteiger partial charge in [0.25, 0.3) is 11.8 Å². The van der Waals surface area contributed by atoms with Gasteiger partial charge in [-0.2, -0.15) is 0 Å². The van der Waals surface area contributed by atoms with Crippen LogP contribution in [0.25, 0.3) is 6.08 Å². The predicted octanol–water partition coefficient (Wildman–Crippen LogP) is 3.35. The first-order valence-corrected chi connectivity index (χ1v) is 9.04. The number of amides is 4. The molecule has 29 heavy (non-hydrogen) atoms. The summed E-state index contributed by atoms with van der Waals surface area (Å²) in [5.41, 5.74) is 1.07. The van der Waals surface area contributed by atoms with E-state index >= 15 is 0 Å². The largest absolute Gasteiger partial charge is 0.501 e. The minimum absolute atomic E-state index is 0.0180. The van der Waals surface area contributed by atoms with Crippen LogP contribution >= 0.6 is 15.9 Å². The third-order valence-corrected chi connectivity index (χ3v) is 4.74. The van der Waals surface area contributed by atoms with E-state index in [4.69, 9.17) is 0 Å². The molecule has 9 nitrogen and oxygen atoms in total. The van der Waals surface area contributed by atoms with Gasteiger partial charge in [0.15, 0.2) is 0 Å². The first kappa shape index (κ1) is 20.2. The lowest BCUT2D eigenvalue weighted by atomic mass is 10.0. The van der Waals surface area contributed by atoms with Gasteiger partial charge in [0, 0.05) is 6.07 Å². The lowest BCUT2D eigenvalue weighted by molar-refractivity contribution is -0.386. The molecule has 2 aromatic carbocycles. The second kappa shape index (κ2) is 7.47. The number of phenolic OH excluding ortho intramolecular Hbond substituents is 1. The average molecular weight is 460 g/mol. The molecule has 3 rings (SSSR count). The number of carbonyl (C=O) groups is 3. The highest BCUT2D eigenvalue weighted by atomic mass is 79.9. The SMILES string of the molecule is Cc1cc(C)cc(N2C(=O)NC(=O)/C(=C\c3cc(Br)c(O)c([N+](=O)[O-])c3)C2=O)c1. The lowest BCUT2D eigenvalue weighted by Crippen LogP contribution is -2.54. The van der Waals surface area contributed by atoms with E-state index in [2.05, 4.69) is 21.2 Å². The van der Waals surface area contributed by atoms with Crippen LogP contribution in [0.5, 0.6) is 5.75 Å². The van der Waals surface area contributed by atoms with E-state index in [1.165, 1.54) is 6.07 Å². The van der Waals surface area contributed by atoms with Gasteiger partial charge in [-0.3, -0.25) is 25.0 Å². The van der Waals surface area contributed by atoms with Crippen LogP contribution in [0.2, 0.25) is 0 Å². The Bertz CT molecular complexity index is 1100. The Morgan fingerprint density at radius 1 is 1.10 bits per heavy atom. The van der Waals surface area contributed by atoms with E-state index < -0.39 is 34.2 Å². The van der Waals surface area contributed by atoms with Crippen LogP contribution in [0.3, 0.4) is 0 Å². The molecule has 1 aliphatic rings. The second-order valence-electron chi connectivity index (χ2n) is 6.43. The van der Waals surface area contributed by atoms with Crippen molar-refractivity contribution in [3.8, 4) is 5.75 Å². The molecule has 0 bridgehead atoms. The number of benzene rings is 2. The normalized spacial score (nSPS) is 15.6. The topological polar surface area (TPSA) is 130 Å². The molecule has 4 amide bonds. The highest BCUT2D eigenvalue weighted by Gasteiger charge is 2.37. The lowest BCUT2D eigenvalue weighted by Gasteiger charge is -2.27. The molecule has 148 valence electrons. The van der Waals surface area contributed by atoms with Gasteiger partial charge in [-0.05, 0) is 70.7 Å². The number of aryl methyl sites for hydroxylation is 2. The van der Waals surface area contributed by atoms with Crippen molar-refractivity contribution >= 4 is 51.2 Å². The molecule has 10 heteroatoms. The van der Waals surface area contributed by atoms with Crippen molar-refractivity contribution in [2.45, 2.75) is 13.8 Å². The van der Waals surface area contributed by atoms with Crippen molar-refractivity contribution in [3.63, 3.8) is 0 Å². The molecule has 0 spiro atoms. The molecule has 0 aliphatic carbocycles. The number of hydrogen-bond donors (Lipinski definition) is 2. The minimum atomic E-state index is -0.924. The molecule has 0 saturated carbocycles. The molecule has 0 unspecified atom stereocenters. The zero-order valence-electron chi connectivity index (χ0n) is 15.2. The predicted molar refractivity (Wildman–Crippen MR) is 107 cm³/mol. The summed E-state index contributed by atoms with van der Waals surface area (Å²) in [4.78, 5) is 48.6. The van der Waals surface area contributed by atoms with Gasteiger partial charge < -0.3 is 5.11 Å². The fourth-order valence-electron chi connectivity index (χ4n) is 2.97. The van der Waals surface area contributed by atoms with Crippen LogP contribution in [0.15, 0.2) is 40.4 Å². The molecule has 1 heterocycles. The molecule has 1 saturated heterocycles. The number of rotatable bonds is 3. The summed E-state index contributed by atoms with van der Waals surface area (Å²) in [6.45, 7) is 3.61. The number of phenols is 1. The van der Waals surface area contributed by atoms with Crippen molar-refractivity contribution in [1.29, 1.82) is 0 Å². The summed E-state index contributed by atoms with van der Waals surface area (Å²) < 4.78 is 0.0180. The Kier molecular flexibility index (Phi) is 5.21. The molecular weight excluding hydrogens is 446 g/mol. The van der Waals surface area contributed by atoms with Crippen LogP contribution < -0.4 is 10.2 Å². The maximum atomic E-state index is 12.9. The number of barbiturate groups is 1. The summed E-state index contributed by atoms with van der Waals surface area (Å²) in [7, 11) is 0. The highest BCUT2D eigenvalue weighted by Crippen LogP contribution is 2.36. The molecule has 1 aliphatic heterocycles. The zero-order chi connectivity index (χ0) is 21.5. The van der Waals surface area contributed by atoms with Crippen LogP contribution in [0.4, 0.5) is 16.2 Å². The zero-order valence-corrected chi connectivity index (χ0v) is 16.8. The first-order chi connectivity index (χ1) is 13.6. The molecule has 1 fully saturated rings. The Balaban J connectivity index is 2.10. The summed E-state index contributed by atoms with van der Waals surface area (Å²) in [5.74, 6) is -2.37. The number of nitro benzene ring substituents is 1. The Morgan fingerprint density at radius 3 is 2.31 bits per heavy atom. The van der Waals surface area contributed by atoms with Crippen molar-refractivity contribution in [2.24, 2.45) is 0 Å². The van der Waals surface area contributed by atoms with E-state index in [9.17, 15) is 29.6 Å². The molecule has 2 N–H and O–H groups in total. The first-order valence-electron chi connectivity index (χ1n) is 8.25. The van der Waals surface area contributed by atoms with Gasteiger partial charge in [-0.1, -0.05) is 6.07 Å². The minimum Gasteiger partial charge on any atom is -0.501 e. The summed E-state index contributed by atoms with van der Waals surface area (Å²) >= 11 is 3.00. The van der Waals surface area contributed by atoms with Crippen LogP contribution in [-0.4, -0.2) is 27.9 Å². The van der Waals surface area contributed by atoms with Crippen LogP contribution in [0.1, 0.15) is 16.7 Å². The third-order valence-electron chi connectivity index (χ3n) is 4.14. The van der Waals surface area contributed by atoms with Crippen molar-refractivity contribution < 1.29 is 24.4 Å². The summed E-state index contributed by atoms with van der Waals surface area (Å²) in [5, 5.41) is 23.0. The summed E-state index contributed by atoms with van der Waals surface area (Å²) in [6, 6.07) is 6.56. The fourth-order valence-corrected chi connectivity index (χ4v) is 3.43. The average Bonchev–Trinajstić information content (AvgIpc) is 2.60. The maximum absolute atomic E-state index is 12.9. The maximum Gasteiger partial charge on any atom is 0.335 e. The van der Waals surface area contributed by atoms with Crippen LogP contribution in [-0.2, 0) is 9.59 Å². The second-order valence-corrected chi connectivity index (χ2v) is 7.29. The number of nitrogens with zero attached hydrogens (tertiary/aromatic N) is 2. The number of aromatic hydroxyl groups is 1. The number of urea groups is 1. The quantitative estimate of drug-likeness (QED) is 0.313. The van der Waals surface area contributed by atoms with Gasteiger partial charge in [-0.15, -0.1) is 0 Å². The fraction of sp³-hybridized carbons (Fsp3) is 0.105. The van der Waals surface area contributed by atoms with Gasteiger partial charge in [0.05, 0.1) is 15.1 Å². The molecule has 0 aromatic heterocycles. The number of nitro groups is 1. The van der Waals surface area contributed by atoms with Crippen molar-refractivity contribution in [1.82, 2.24) is 5.32 Å². The number of anilines is 1. The molecular formula is C19H14BrN3O6. The van der Waals surface area contributed by atoms with Gasteiger partial charge in [-0.25, -0.2) is 9.69 Å². The highest BCUT2D eigenvalue weighted by molar-refractivity contribution is 9.10. The number of halogens is 1. The van der Waals surface area contributed by atoms with E-state index in [0.29, 0.717) is 5.69 Å². The monoisotopic (exact) mass is 459 g/mol. The van der Waals surface area contributed by atoms with Gasteiger partial charge in [0.1, 0.15) is 5.57 Å². The van der Waals surface area contributed by atoms with Gasteiger partial charge >= 0.3 is 11.7 Å². The van der Waals surface area contributed by atoms with Crippen molar-refractivity contribution in [3.05, 3.63) is 67.2 Å². The van der Waals surface area contributed by atoms with Crippen LogP contribution in [0, 0.1) is 24.0 Å². The number of imide groups is 2. The Labute approximate surface area is 172 Å². The van der Waals surface area contributed by atoms with Crippen molar-refractivity contribution in [2.75, 3.05) is 4.90 Å². The number of nitrogens with one attached hydrogen (secondary N) is 1. The molecule has 2 aromatic rings.